The Hall–Kier alpha value is -1.74. The van der Waals surface area contributed by atoms with Crippen LogP contribution in [0.25, 0.3) is 0 Å². The van der Waals surface area contributed by atoms with Crippen molar-refractivity contribution in [1.29, 1.82) is 0 Å². The molecule has 2 amide bonds. The van der Waals surface area contributed by atoms with Crippen molar-refractivity contribution in [2.75, 3.05) is 16.9 Å². The fourth-order valence-electron chi connectivity index (χ4n) is 2.63. The molecule has 1 heterocycles. The molecule has 0 radical (unpaired) electrons. The van der Waals surface area contributed by atoms with Gasteiger partial charge in [-0.1, -0.05) is 30.3 Å². The molecule has 3 rings (SSSR count). The highest BCUT2D eigenvalue weighted by atomic mass is 127. The van der Waals surface area contributed by atoms with Crippen LogP contribution in [0.3, 0.4) is 0 Å². The van der Waals surface area contributed by atoms with E-state index in [0.717, 1.165) is 20.4 Å². The number of ether oxygens (including phenoxy) is 1. The van der Waals surface area contributed by atoms with Crippen LogP contribution >= 0.6 is 34.4 Å². The van der Waals surface area contributed by atoms with Crippen LogP contribution in [0.2, 0.25) is 0 Å². The Bertz CT molecular complexity index is 801. The Labute approximate surface area is 170 Å². The van der Waals surface area contributed by atoms with Crippen molar-refractivity contribution < 1.29 is 14.3 Å². The predicted molar refractivity (Wildman–Crippen MR) is 112 cm³/mol. The molecule has 2 aromatic carbocycles. The van der Waals surface area contributed by atoms with Gasteiger partial charge in [-0.2, -0.15) is 0 Å². The van der Waals surface area contributed by atoms with Crippen molar-refractivity contribution in [2.24, 2.45) is 0 Å². The average Bonchev–Trinajstić information content (AvgIpc) is 3.13. The highest BCUT2D eigenvalue weighted by Crippen LogP contribution is 2.24. The van der Waals surface area contributed by atoms with Crippen molar-refractivity contribution >= 4 is 52.0 Å². The molecule has 0 bridgehead atoms. The molecule has 0 spiro atoms. The highest BCUT2D eigenvalue weighted by Gasteiger charge is 2.35. The lowest BCUT2D eigenvalue weighted by Gasteiger charge is -2.23. The van der Waals surface area contributed by atoms with Gasteiger partial charge in [-0.3, -0.25) is 9.69 Å². The summed E-state index contributed by atoms with van der Waals surface area (Å²) in [5, 5.41) is 2.93. The summed E-state index contributed by atoms with van der Waals surface area (Å²) in [4.78, 5) is 26.6. The summed E-state index contributed by atoms with van der Waals surface area (Å²) >= 11 is 3.78. The van der Waals surface area contributed by atoms with E-state index in [9.17, 15) is 9.59 Å². The fourth-order valence-corrected chi connectivity index (χ4v) is 4.41. The first-order valence-corrected chi connectivity index (χ1v) is 10.4. The molecular weight excluding hydrogens is 463 g/mol. The summed E-state index contributed by atoms with van der Waals surface area (Å²) < 4.78 is 6.49. The zero-order valence-corrected chi connectivity index (χ0v) is 17.2. The lowest BCUT2D eigenvalue weighted by molar-refractivity contribution is -0.119. The molecule has 0 aliphatic carbocycles. The van der Waals surface area contributed by atoms with Crippen LogP contribution in [0.5, 0.6) is 0 Å². The number of hydrogen-bond acceptors (Lipinski definition) is 4. The maximum Gasteiger partial charge on any atom is 0.411 e. The van der Waals surface area contributed by atoms with E-state index < -0.39 is 12.1 Å². The number of halogens is 1. The van der Waals surface area contributed by atoms with Crippen LogP contribution in [-0.4, -0.2) is 34.6 Å². The number of thioether (sulfide) groups is 1. The number of amides is 2. The minimum atomic E-state index is -0.526. The summed E-state index contributed by atoms with van der Waals surface area (Å²) in [6, 6.07) is 14.8. The van der Waals surface area contributed by atoms with Crippen molar-refractivity contribution in [3.63, 3.8) is 0 Å². The zero-order valence-electron chi connectivity index (χ0n) is 14.3. The minimum absolute atomic E-state index is 0.184. The topological polar surface area (TPSA) is 58.6 Å². The molecule has 1 aliphatic rings. The molecule has 1 aliphatic heterocycles. The van der Waals surface area contributed by atoms with E-state index in [0.29, 0.717) is 11.6 Å². The van der Waals surface area contributed by atoms with Crippen LogP contribution in [-0.2, 0) is 16.1 Å². The number of nitrogens with one attached hydrogen (secondary N) is 1. The molecule has 0 aromatic heterocycles. The number of rotatable bonds is 4. The number of carbonyl (C=O) groups excluding carboxylic acids is 2. The number of benzene rings is 2. The SMILES string of the molecule is Cc1cc(I)ccc1NC(=O)[C@H]1CSCN1C(=O)OCc1ccccc1. The summed E-state index contributed by atoms with van der Waals surface area (Å²) in [6.07, 6.45) is -0.460. The first kappa shape index (κ1) is 19.0. The summed E-state index contributed by atoms with van der Waals surface area (Å²) in [5.74, 6) is 0.837. The highest BCUT2D eigenvalue weighted by molar-refractivity contribution is 14.1. The van der Waals surface area contributed by atoms with Crippen molar-refractivity contribution in [1.82, 2.24) is 4.90 Å². The Morgan fingerprint density at radius 3 is 2.77 bits per heavy atom. The Morgan fingerprint density at radius 2 is 2.04 bits per heavy atom. The van der Waals surface area contributed by atoms with E-state index in [1.54, 1.807) is 11.8 Å². The van der Waals surface area contributed by atoms with E-state index >= 15 is 0 Å². The molecule has 5 nitrogen and oxygen atoms in total. The zero-order chi connectivity index (χ0) is 18.5. The van der Waals surface area contributed by atoms with Gasteiger partial charge < -0.3 is 10.1 Å². The third-order valence-corrected chi connectivity index (χ3v) is 5.75. The molecule has 7 heteroatoms. The standard InChI is InChI=1S/C19H19IN2O3S/c1-13-9-15(20)7-8-16(13)21-18(23)17-11-26-12-22(17)19(24)25-10-14-5-3-2-4-6-14/h2-9,17H,10-12H2,1H3,(H,21,23)/t17-/m1/s1. The van der Waals surface area contributed by atoms with Gasteiger partial charge >= 0.3 is 6.09 Å². The number of anilines is 1. The smallest absolute Gasteiger partial charge is 0.411 e. The molecule has 1 atom stereocenters. The van der Waals surface area contributed by atoms with E-state index in [2.05, 4.69) is 27.9 Å². The lowest BCUT2D eigenvalue weighted by Crippen LogP contribution is -2.44. The van der Waals surface area contributed by atoms with E-state index in [-0.39, 0.29) is 12.5 Å². The maximum absolute atomic E-state index is 12.7. The molecule has 1 saturated heterocycles. The van der Waals surface area contributed by atoms with Crippen molar-refractivity contribution in [3.05, 3.63) is 63.2 Å². The first-order valence-electron chi connectivity index (χ1n) is 8.16. The Morgan fingerprint density at radius 1 is 1.27 bits per heavy atom. The molecule has 136 valence electrons. The van der Waals surface area contributed by atoms with Crippen LogP contribution in [0.1, 0.15) is 11.1 Å². The fraction of sp³-hybridized carbons (Fsp3) is 0.263. The molecule has 0 saturated carbocycles. The second-order valence-electron chi connectivity index (χ2n) is 5.97. The van der Waals surface area contributed by atoms with E-state index in [1.807, 2.05) is 55.5 Å². The number of hydrogen-bond donors (Lipinski definition) is 1. The van der Waals surface area contributed by atoms with Gasteiger partial charge in [0.25, 0.3) is 0 Å². The maximum atomic E-state index is 12.7. The summed E-state index contributed by atoms with van der Waals surface area (Å²) in [6.45, 7) is 2.15. The number of aryl methyl sites for hydroxylation is 1. The third kappa shape index (κ3) is 4.70. The van der Waals surface area contributed by atoms with Gasteiger partial charge in [0.2, 0.25) is 5.91 Å². The van der Waals surface area contributed by atoms with Crippen LogP contribution in [0, 0.1) is 10.5 Å². The Balaban J connectivity index is 1.61. The second-order valence-corrected chi connectivity index (χ2v) is 8.22. The Kier molecular flexibility index (Phi) is 6.42. The molecule has 26 heavy (non-hydrogen) atoms. The first-order chi connectivity index (χ1) is 12.5. The van der Waals surface area contributed by atoms with Gasteiger partial charge in [0.1, 0.15) is 12.6 Å². The van der Waals surface area contributed by atoms with Gasteiger partial charge in [0.15, 0.2) is 0 Å². The molecule has 1 fully saturated rings. The van der Waals surface area contributed by atoms with Crippen molar-refractivity contribution in [2.45, 2.75) is 19.6 Å². The molecule has 2 aromatic rings. The van der Waals surface area contributed by atoms with Gasteiger partial charge in [0.05, 0.1) is 5.88 Å². The van der Waals surface area contributed by atoms with Gasteiger partial charge in [-0.05, 0) is 58.8 Å². The molecular formula is C19H19IN2O3S. The van der Waals surface area contributed by atoms with E-state index in [4.69, 9.17) is 4.74 Å². The molecule has 1 N–H and O–H groups in total. The quantitative estimate of drug-likeness (QED) is 0.663. The third-order valence-electron chi connectivity index (χ3n) is 4.07. The van der Waals surface area contributed by atoms with Gasteiger partial charge in [-0.15, -0.1) is 11.8 Å². The average molecular weight is 482 g/mol. The normalized spacial score (nSPS) is 16.4. The number of nitrogens with zero attached hydrogens (tertiary/aromatic N) is 1. The van der Waals surface area contributed by atoms with Crippen LogP contribution < -0.4 is 5.32 Å². The van der Waals surface area contributed by atoms with Crippen LogP contribution in [0.4, 0.5) is 10.5 Å². The lowest BCUT2D eigenvalue weighted by atomic mass is 10.2. The van der Waals surface area contributed by atoms with Gasteiger partial charge in [-0.25, -0.2) is 4.79 Å². The van der Waals surface area contributed by atoms with Crippen molar-refractivity contribution in [3.8, 4) is 0 Å². The largest absolute Gasteiger partial charge is 0.445 e. The minimum Gasteiger partial charge on any atom is -0.445 e. The van der Waals surface area contributed by atoms with E-state index in [1.165, 1.54) is 4.90 Å². The number of carbonyl (C=O) groups is 2. The van der Waals surface area contributed by atoms with Crippen LogP contribution in [0.15, 0.2) is 48.5 Å². The second kappa shape index (κ2) is 8.77. The summed E-state index contributed by atoms with van der Waals surface area (Å²) in [5.41, 5.74) is 2.68. The summed E-state index contributed by atoms with van der Waals surface area (Å²) in [7, 11) is 0. The monoisotopic (exact) mass is 482 g/mol. The molecule has 0 unspecified atom stereocenters. The van der Waals surface area contributed by atoms with Gasteiger partial charge in [0, 0.05) is 15.0 Å². The predicted octanol–water partition coefficient (Wildman–Crippen LogP) is 4.25.